The topological polar surface area (TPSA) is 58.6 Å². The molecule has 0 saturated heterocycles. The second kappa shape index (κ2) is 8.56. The van der Waals surface area contributed by atoms with Crippen molar-refractivity contribution in [1.82, 2.24) is 5.32 Å². The van der Waals surface area contributed by atoms with Crippen LogP contribution in [-0.2, 0) is 9.59 Å². The molecule has 5 nitrogen and oxygen atoms in total. The summed E-state index contributed by atoms with van der Waals surface area (Å²) in [5.41, 5.74) is 0.780. The molecule has 2 aliphatic rings. The van der Waals surface area contributed by atoms with Crippen LogP contribution < -0.4 is 15.0 Å². The first-order chi connectivity index (χ1) is 12.6. The highest BCUT2D eigenvalue weighted by atomic mass is 16.5. The van der Waals surface area contributed by atoms with Gasteiger partial charge in [0, 0.05) is 12.5 Å². The number of ether oxygens (including phenoxy) is 1. The third kappa shape index (κ3) is 4.19. The molecule has 1 N–H and O–H groups in total. The number of nitrogens with one attached hydrogen (secondary N) is 1. The Balaban J connectivity index is 1.75. The number of amides is 2. The molecule has 0 aromatic heterocycles. The highest BCUT2D eigenvalue weighted by molar-refractivity contribution is 5.97. The van der Waals surface area contributed by atoms with Gasteiger partial charge in [-0.25, -0.2) is 0 Å². The van der Waals surface area contributed by atoms with E-state index in [2.05, 4.69) is 19.2 Å². The van der Waals surface area contributed by atoms with Gasteiger partial charge < -0.3 is 15.0 Å². The third-order valence-electron chi connectivity index (χ3n) is 5.64. The molecule has 1 atom stereocenters. The highest BCUT2D eigenvalue weighted by Crippen LogP contribution is 2.35. The standard InChI is InChI=1S/C21H30N2O3/c1-3-16(4-2)22-21(25)19-14-23(17-11-7-8-12-18(17)26-19)20(24)13-15-9-5-6-10-15/h7-8,11-12,15-16,19H,3-6,9-10,13-14H2,1-2H3,(H,22,25). The Morgan fingerprint density at radius 2 is 1.88 bits per heavy atom. The van der Waals surface area contributed by atoms with Crippen LogP contribution >= 0.6 is 0 Å². The quantitative estimate of drug-likeness (QED) is 0.844. The number of fused-ring (bicyclic) bond motifs is 1. The van der Waals surface area contributed by atoms with Crippen LogP contribution in [0.1, 0.15) is 58.8 Å². The van der Waals surface area contributed by atoms with E-state index in [-0.39, 0.29) is 24.4 Å². The molecule has 1 aliphatic heterocycles. The van der Waals surface area contributed by atoms with Gasteiger partial charge in [0.15, 0.2) is 6.10 Å². The van der Waals surface area contributed by atoms with Crippen molar-refractivity contribution in [3.05, 3.63) is 24.3 Å². The number of para-hydroxylation sites is 2. The average Bonchev–Trinajstić information content (AvgIpc) is 3.17. The van der Waals surface area contributed by atoms with Crippen molar-refractivity contribution in [2.24, 2.45) is 5.92 Å². The molecule has 0 bridgehead atoms. The molecule has 1 aromatic carbocycles. The van der Waals surface area contributed by atoms with E-state index in [1.807, 2.05) is 24.3 Å². The number of carbonyl (C=O) groups is 2. The van der Waals surface area contributed by atoms with Crippen molar-refractivity contribution in [2.45, 2.75) is 70.9 Å². The molecule has 1 fully saturated rings. The number of carbonyl (C=O) groups excluding carboxylic acids is 2. The number of hydrogen-bond donors (Lipinski definition) is 1. The fraction of sp³-hybridized carbons (Fsp3) is 0.619. The second-order valence-electron chi connectivity index (χ2n) is 7.46. The molecule has 1 aliphatic carbocycles. The number of rotatable bonds is 6. The Hall–Kier alpha value is -2.04. The lowest BCUT2D eigenvalue weighted by molar-refractivity contribution is -0.129. The minimum Gasteiger partial charge on any atom is -0.477 e. The van der Waals surface area contributed by atoms with Crippen LogP contribution in [0.4, 0.5) is 5.69 Å². The Morgan fingerprint density at radius 3 is 2.58 bits per heavy atom. The molecular formula is C21H30N2O3. The number of hydrogen-bond acceptors (Lipinski definition) is 3. The summed E-state index contributed by atoms with van der Waals surface area (Å²) in [5, 5.41) is 3.05. The van der Waals surface area contributed by atoms with Crippen molar-refractivity contribution in [2.75, 3.05) is 11.4 Å². The van der Waals surface area contributed by atoms with E-state index in [1.165, 1.54) is 12.8 Å². The maximum Gasteiger partial charge on any atom is 0.263 e. The Bertz CT molecular complexity index is 636. The number of nitrogens with zero attached hydrogens (tertiary/aromatic N) is 1. The lowest BCUT2D eigenvalue weighted by atomic mass is 10.0. The fourth-order valence-electron chi connectivity index (χ4n) is 3.97. The number of anilines is 1. The van der Waals surface area contributed by atoms with Crippen LogP contribution in [0.15, 0.2) is 24.3 Å². The van der Waals surface area contributed by atoms with Crippen LogP contribution in [-0.4, -0.2) is 30.5 Å². The van der Waals surface area contributed by atoms with E-state index in [9.17, 15) is 9.59 Å². The van der Waals surface area contributed by atoms with Gasteiger partial charge in [-0.05, 0) is 43.7 Å². The van der Waals surface area contributed by atoms with Gasteiger partial charge in [0.2, 0.25) is 5.91 Å². The third-order valence-corrected chi connectivity index (χ3v) is 5.64. The first kappa shape index (κ1) is 18.7. The van der Waals surface area contributed by atoms with E-state index in [1.54, 1.807) is 4.90 Å². The molecule has 1 heterocycles. The highest BCUT2D eigenvalue weighted by Gasteiger charge is 2.35. The average molecular weight is 358 g/mol. The number of benzene rings is 1. The zero-order valence-electron chi connectivity index (χ0n) is 15.9. The van der Waals surface area contributed by atoms with Crippen LogP contribution in [0.25, 0.3) is 0 Å². The summed E-state index contributed by atoms with van der Waals surface area (Å²) in [5.74, 6) is 1.07. The van der Waals surface area contributed by atoms with Gasteiger partial charge in [0.25, 0.3) is 5.91 Å². The zero-order valence-corrected chi connectivity index (χ0v) is 15.9. The molecule has 26 heavy (non-hydrogen) atoms. The molecule has 142 valence electrons. The largest absolute Gasteiger partial charge is 0.477 e. The predicted octanol–water partition coefficient (Wildman–Crippen LogP) is 3.67. The van der Waals surface area contributed by atoms with Gasteiger partial charge in [0.05, 0.1) is 12.2 Å². The Labute approximate surface area is 156 Å². The van der Waals surface area contributed by atoms with Crippen molar-refractivity contribution >= 4 is 17.5 Å². The molecule has 2 amide bonds. The molecule has 1 unspecified atom stereocenters. The summed E-state index contributed by atoms with van der Waals surface area (Å²) < 4.78 is 5.93. The van der Waals surface area contributed by atoms with Crippen molar-refractivity contribution in [1.29, 1.82) is 0 Å². The molecule has 0 spiro atoms. The smallest absolute Gasteiger partial charge is 0.263 e. The SMILES string of the molecule is CCC(CC)NC(=O)C1CN(C(=O)CC2CCCC2)c2ccccc2O1. The fourth-order valence-corrected chi connectivity index (χ4v) is 3.97. The van der Waals surface area contributed by atoms with Crippen molar-refractivity contribution in [3.63, 3.8) is 0 Å². The van der Waals surface area contributed by atoms with Crippen molar-refractivity contribution in [3.8, 4) is 5.75 Å². The van der Waals surface area contributed by atoms with E-state index in [0.717, 1.165) is 31.4 Å². The van der Waals surface area contributed by atoms with E-state index < -0.39 is 6.10 Å². The summed E-state index contributed by atoms with van der Waals surface area (Å²) in [6.45, 7) is 4.40. The van der Waals surface area contributed by atoms with Gasteiger partial charge in [-0.15, -0.1) is 0 Å². The van der Waals surface area contributed by atoms with E-state index >= 15 is 0 Å². The maximum atomic E-state index is 13.0. The second-order valence-corrected chi connectivity index (χ2v) is 7.46. The first-order valence-corrected chi connectivity index (χ1v) is 9.98. The lowest BCUT2D eigenvalue weighted by Crippen LogP contribution is -2.52. The summed E-state index contributed by atoms with van der Waals surface area (Å²) in [4.78, 5) is 27.4. The van der Waals surface area contributed by atoms with E-state index in [0.29, 0.717) is 18.1 Å². The predicted molar refractivity (Wildman–Crippen MR) is 102 cm³/mol. The lowest BCUT2D eigenvalue weighted by Gasteiger charge is -2.35. The minimum absolute atomic E-state index is 0.105. The Kier molecular flexibility index (Phi) is 6.17. The maximum absolute atomic E-state index is 13.0. The van der Waals surface area contributed by atoms with Gasteiger partial charge in [-0.1, -0.05) is 38.8 Å². The minimum atomic E-state index is -0.655. The summed E-state index contributed by atoms with van der Waals surface area (Å²) >= 11 is 0. The Morgan fingerprint density at radius 1 is 1.19 bits per heavy atom. The monoisotopic (exact) mass is 358 g/mol. The van der Waals surface area contributed by atoms with E-state index in [4.69, 9.17) is 4.74 Å². The van der Waals surface area contributed by atoms with Gasteiger partial charge >= 0.3 is 0 Å². The molecule has 0 radical (unpaired) electrons. The molecule has 5 heteroatoms. The van der Waals surface area contributed by atoms with Crippen LogP contribution in [0.2, 0.25) is 0 Å². The van der Waals surface area contributed by atoms with Crippen molar-refractivity contribution < 1.29 is 14.3 Å². The molecule has 3 rings (SSSR count). The first-order valence-electron chi connectivity index (χ1n) is 9.98. The molecule has 1 saturated carbocycles. The molecule has 1 aromatic rings. The summed E-state index contributed by atoms with van der Waals surface area (Å²) in [6, 6.07) is 7.66. The van der Waals surface area contributed by atoms with Gasteiger partial charge in [-0.2, -0.15) is 0 Å². The van der Waals surface area contributed by atoms with Gasteiger partial charge in [0.1, 0.15) is 5.75 Å². The summed E-state index contributed by atoms with van der Waals surface area (Å²) in [7, 11) is 0. The van der Waals surface area contributed by atoms with Crippen LogP contribution in [0.5, 0.6) is 5.75 Å². The van der Waals surface area contributed by atoms with Gasteiger partial charge in [-0.3, -0.25) is 9.59 Å². The van der Waals surface area contributed by atoms with Crippen LogP contribution in [0.3, 0.4) is 0 Å². The summed E-state index contributed by atoms with van der Waals surface area (Å²) in [6.07, 6.45) is 6.39. The normalized spacial score (nSPS) is 20.0. The van der Waals surface area contributed by atoms with Crippen LogP contribution in [0, 0.1) is 5.92 Å². The zero-order chi connectivity index (χ0) is 18.5. The molecular weight excluding hydrogens is 328 g/mol.